The van der Waals surface area contributed by atoms with Gasteiger partial charge in [-0.1, -0.05) is 24.3 Å². The van der Waals surface area contributed by atoms with Crippen molar-refractivity contribution in [3.8, 4) is 17.2 Å². The molecule has 10 nitrogen and oxygen atoms in total. The number of amides is 2. The van der Waals surface area contributed by atoms with Gasteiger partial charge in [0.1, 0.15) is 38.8 Å². The number of hydrogen-bond donors (Lipinski definition) is 3. The number of carbonyl (C=O) groups is 2. The van der Waals surface area contributed by atoms with E-state index in [0.29, 0.717) is 54.6 Å². The summed E-state index contributed by atoms with van der Waals surface area (Å²) >= 11 is 0. The van der Waals surface area contributed by atoms with Gasteiger partial charge >= 0.3 is 0 Å². The van der Waals surface area contributed by atoms with E-state index in [4.69, 9.17) is 18.9 Å². The number of aliphatic hydroxyl groups is 1. The normalized spacial score (nSPS) is 19.4. The Labute approximate surface area is 239 Å². The van der Waals surface area contributed by atoms with Crippen LogP contribution in [-0.4, -0.2) is 102 Å². The lowest BCUT2D eigenvalue weighted by Crippen LogP contribution is -3.28. The second-order valence-corrected chi connectivity index (χ2v) is 10.6. The van der Waals surface area contributed by atoms with E-state index in [1.807, 2.05) is 48.5 Å². The molecule has 3 aromatic rings. The molecule has 3 N–H and O–H groups in total. The number of piperazine rings is 1. The Morgan fingerprint density at radius 1 is 0.854 bits per heavy atom. The third-order valence-corrected chi connectivity index (χ3v) is 8.04. The number of rotatable bonds is 12. The van der Waals surface area contributed by atoms with Crippen molar-refractivity contribution < 1.29 is 43.4 Å². The van der Waals surface area contributed by atoms with Crippen molar-refractivity contribution in [3.05, 3.63) is 65.2 Å². The van der Waals surface area contributed by atoms with Crippen molar-refractivity contribution in [2.24, 2.45) is 0 Å². The van der Waals surface area contributed by atoms with Crippen LogP contribution in [-0.2, 0) is 11.3 Å². The highest BCUT2D eigenvalue weighted by molar-refractivity contribution is 6.25. The Balaban J connectivity index is 1.06. The van der Waals surface area contributed by atoms with E-state index in [-0.39, 0.29) is 18.4 Å². The number of ether oxygens (including phenoxy) is 4. The zero-order valence-corrected chi connectivity index (χ0v) is 23.9. The number of nitrogens with one attached hydrogen (secondary N) is 2. The molecule has 0 saturated carbocycles. The van der Waals surface area contributed by atoms with Crippen LogP contribution in [0.4, 0.5) is 0 Å². The van der Waals surface area contributed by atoms with Gasteiger partial charge in [-0.05, 0) is 35.2 Å². The van der Waals surface area contributed by atoms with Gasteiger partial charge in [0.2, 0.25) is 5.75 Å². The van der Waals surface area contributed by atoms with Crippen molar-refractivity contribution in [1.29, 1.82) is 0 Å². The fraction of sp³-hybridized carbons (Fsp3) is 0.419. The highest BCUT2D eigenvalue weighted by Crippen LogP contribution is 2.38. The number of quaternary nitrogens is 2. The zero-order chi connectivity index (χ0) is 28.9. The molecule has 0 radical (unpaired) electrons. The SMILES string of the molecule is COc1cc(COC[C@@H](O)C[NH+]2CC[NH+](CCN3C(=O)c4cccc5cccc(c45)C3=O)CC2)cc(OC)c1OC. The summed E-state index contributed by atoms with van der Waals surface area (Å²) in [5.74, 6) is 1.23. The number of hydrogen-bond acceptors (Lipinski definition) is 7. The molecular formula is C31H39N3O7+2. The van der Waals surface area contributed by atoms with E-state index in [0.717, 1.165) is 42.5 Å². The van der Waals surface area contributed by atoms with Gasteiger partial charge in [-0.3, -0.25) is 14.5 Å². The molecule has 0 aliphatic carbocycles. The van der Waals surface area contributed by atoms with E-state index in [2.05, 4.69) is 0 Å². The van der Waals surface area contributed by atoms with Gasteiger partial charge in [-0.15, -0.1) is 0 Å². The van der Waals surface area contributed by atoms with Crippen molar-refractivity contribution in [1.82, 2.24) is 4.90 Å². The van der Waals surface area contributed by atoms with Crippen LogP contribution >= 0.6 is 0 Å². The molecular weight excluding hydrogens is 526 g/mol. The predicted octanol–water partition coefficient (Wildman–Crippen LogP) is -0.177. The number of aliphatic hydroxyl groups excluding tert-OH is 1. The van der Waals surface area contributed by atoms with Crippen LogP contribution in [0.25, 0.3) is 10.8 Å². The van der Waals surface area contributed by atoms with Crippen molar-refractivity contribution in [2.45, 2.75) is 12.7 Å². The van der Waals surface area contributed by atoms with E-state index in [9.17, 15) is 14.7 Å². The molecule has 1 atom stereocenters. The molecule has 218 valence electrons. The van der Waals surface area contributed by atoms with Gasteiger partial charge in [-0.2, -0.15) is 0 Å². The second-order valence-electron chi connectivity index (χ2n) is 10.6. The van der Waals surface area contributed by atoms with Crippen LogP contribution in [0.2, 0.25) is 0 Å². The summed E-state index contributed by atoms with van der Waals surface area (Å²) in [5, 5.41) is 12.3. The quantitative estimate of drug-likeness (QED) is 0.262. The Bertz CT molecular complexity index is 1330. The first-order valence-corrected chi connectivity index (χ1v) is 14.0. The third kappa shape index (κ3) is 6.15. The van der Waals surface area contributed by atoms with Gasteiger partial charge < -0.3 is 33.9 Å². The van der Waals surface area contributed by atoms with Crippen LogP contribution in [0.1, 0.15) is 26.3 Å². The standard InChI is InChI=1S/C31H37N3O7/c1-38-26-16-21(17-27(39-2)29(26)40-3)19-41-20-23(35)18-33-12-10-32(11-13-33)14-15-34-30(36)24-8-4-6-22-7-5-9-25(28(22)24)31(34)37/h4-9,16-17,23,35H,10-15,18-20H2,1-3H3/p+2/t23-/m0/s1. The van der Waals surface area contributed by atoms with Gasteiger partial charge in [0.25, 0.3) is 11.8 Å². The highest BCUT2D eigenvalue weighted by Gasteiger charge is 2.34. The van der Waals surface area contributed by atoms with Gasteiger partial charge in [0, 0.05) is 16.5 Å². The Kier molecular flexibility index (Phi) is 9.04. The van der Waals surface area contributed by atoms with Gasteiger partial charge in [-0.25, -0.2) is 0 Å². The van der Waals surface area contributed by atoms with Crippen LogP contribution in [0.15, 0.2) is 48.5 Å². The molecule has 10 heteroatoms. The fourth-order valence-corrected chi connectivity index (χ4v) is 5.89. The van der Waals surface area contributed by atoms with Gasteiger partial charge in [0.05, 0.1) is 47.6 Å². The molecule has 2 heterocycles. The maximum Gasteiger partial charge on any atom is 0.261 e. The van der Waals surface area contributed by atoms with Crippen LogP contribution in [0.3, 0.4) is 0 Å². The number of imide groups is 1. The maximum atomic E-state index is 13.2. The van der Waals surface area contributed by atoms with Crippen molar-refractivity contribution >= 4 is 22.6 Å². The minimum absolute atomic E-state index is 0.211. The fourth-order valence-electron chi connectivity index (χ4n) is 5.89. The number of carbonyl (C=O) groups excluding carboxylic acids is 2. The molecule has 0 aromatic heterocycles. The average molecular weight is 566 g/mol. The lowest BCUT2D eigenvalue weighted by Gasteiger charge is -2.32. The molecule has 0 spiro atoms. The van der Waals surface area contributed by atoms with Gasteiger partial charge in [0.15, 0.2) is 11.5 Å². The second kappa shape index (κ2) is 12.9. The first kappa shape index (κ1) is 28.8. The average Bonchev–Trinajstić information content (AvgIpc) is 2.99. The summed E-state index contributed by atoms with van der Waals surface area (Å²) in [5.41, 5.74) is 2.06. The summed E-state index contributed by atoms with van der Waals surface area (Å²) in [4.78, 5) is 30.4. The Morgan fingerprint density at radius 2 is 1.44 bits per heavy atom. The summed E-state index contributed by atoms with van der Waals surface area (Å²) < 4.78 is 21.9. The van der Waals surface area contributed by atoms with Crippen molar-refractivity contribution in [2.75, 3.05) is 73.7 Å². The lowest BCUT2D eigenvalue weighted by atomic mass is 9.94. The van der Waals surface area contributed by atoms with Crippen LogP contribution in [0, 0.1) is 0 Å². The third-order valence-electron chi connectivity index (χ3n) is 8.04. The van der Waals surface area contributed by atoms with Crippen LogP contribution < -0.4 is 24.0 Å². The first-order valence-electron chi connectivity index (χ1n) is 14.0. The monoisotopic (exact) mass is 565 g/mol. The molecule has 41 heavy (non-hydrogen) atoms. The predicted molar refractivity (Wildman–Crippen MR) is 152 cm³/mol. The summed E-state index contributed by atoms with van der Waals surface area (Å²) in [7, 11) is 4.71. The highest BCUT2D eigenvalue weighted by atomic mass is 16.5. The molecule has 0 unspecified atom stereocenters. The van der Waals surface area contributed by atoms with Crippen LogP contribution in [0.5, 0.6) is 17.2 Å². The van der Waals surface area contributed by atoms with E-state index in [1.54, 1.807) is 21.3 Å². The summed E-state index contributed by atoms with van der Waals surface area (Å²) in [6, 6.07) is 14.9. The molecule has 2 aliphatic heterocycles. The molecule has 1 saturated heterocycles. The minimum atomic E-state index is -0.583. The lowest BCUT2D eigenvalue weighted by molar-refractivity contribution is -1.01. The topological polar surface area (TPSA) is 103 Å². The molecule has 2 amide bonds. The number of methoxy groups -OCH3 is 3. The number of benzene rings is 3. The number of nitrogens with zero attached hydrogens (tertiary/aromatic N) is 1. The molecule has 5 rings (SSSR count). The smallest absolute Gasteiger partial charge is 0.261 e. The van der Waals surface area contributed by atoms with E-state index < -0.39 is 6.10 Å². The Morgan fingerprint density at radius 3 is 2.00 bits per heavy atom. The zero-order valence-electron chi connectivity index (χ0n) is 23.9. The Hall–Kier alpha value is -3.70. The summed E-state index contributed by atoms with van der Waals surface area (Å²) in [6.07, 6.45) is -0.583. The van der Waals surface area contributed by atoms with Crippen molar-refractivity contribution in [3.63, 3.8) is 0 Å². The molecule has 3 aromatic carbocycles. The summed E-state index contributed by atoms with van der Waals surface area (Å²) in [6.45, 7) is 5.89. The largest absolute Gasteiger partial charge is 0.493 e. The van der Waals surface area contributed by atoms with E-state index >= 15 is 0 Å². The minimum Gasteiger partial charge on any atom is -0.493 e. The molecule has 2 aliphatic rings. The molecule has 0 bridgehead atoms. The maximum absolute atomic E-state index is 13.2. The first-order chi connectivity index (χ1) is 19.9. The molecule has 1 fully saturated rings. The van der Waals surface area contributed by atoms with E-state index in [1.165, 1.54) is 14.7 Å².